The number of sulfonamides is 1. The summed E-state index contributed by atoms with van der Waals surface area (Å²) in [5.41, 5.74) is 1.77. The molecule has 2 aliphatic rings. The molecule has 1 fully saturated rings. The van der Waals surface area contributed by atoms with Gasteiger partial charge >= 0.3 is 5.97 Å². The predicted molar refractivity (Wildman–Crippen MR) is 117 cm³/mol. The van der Waals surface area contributed by atoms with Gasteiger partial charge in [-0.1, -0.05) is 42.5 Å². The van der Waals surface area contributed by atoms with E-state index in [4.69, 9.17) is 14.6 Å². The predicted octanol–water partition coefficient (Wildman–Crippen LogP) is 1.88. The molecule has 0 aromatic heterocycles. The lowest BCUT2D eigenvalue weighted by Crippen LogP contribution is -2.38. The number of fused-ring (bicyclic) bond motifs is 3. The minimum Gasteiger partial charge on any atom is -0.485 e. The summed E-state index contributed by atoms with van der Waals surface area (Å²) in [5.74, 6) is -0.805. The van der Waals surface area contributed by atoms with Crippen LogP contribution in [0, 0.1) is 5.92 Å². The summed E-state index contributed by atoms with van der Waals surface area (Å²) in [6, 6.07) is 14.7. The fraction of sp³-hybridized carbons (Fsp3) is 0.435. The third-order valence-electron chi connectivity index (χ3n) is 6.25. The van der Waals surface area contributed by atoms with Crippen LogP contribution in [-0.2, 0) is 21.2 Å². The van der Waals surface area contributed by atoms with Gasteiger partial charge in [0.1, 0.15) is 6.10 Å². The zero-order valence-corrected chi connectivity index (χ0v) is 18.6. The third kappa shape index (κ3) is 4.60. The Labute approximate surface area is 187 Å². The summed E-state index contributed by atoms with van der Waals surface area (Å²) >= 11 is 0. The van der Waals surface area contributed by atoms with Crippen molar-refractivity contribution in [1.82, 2.24) is 4.31 Å². The Morgan fingerprint density at radius 3 is 2.66 bits per heavy atom. The maximum absolute atomic E-state index is 12.9. The van der Waals surface area contributed by atoms with Gasteiger partial charge in [-0.15, -0.1) is 0 Å². The van der Waals surface area contributed by atoms with Gasteiger partial charge in [-0.05, 0) is 18.1 Å². The number of hydrogen-bond acceptors (Lipinski definition) is 6. The number of para-hydroxylation sites is 1. The van der Waals surface area contributed by atoms with Crippen molar-refractivity contribution in [2.75, 3.05) is 26.0 Å². The Hall–Kier alpha value is -2.62. The number of carboxylic acids is 1. The molecule has 1 aliphatic heterocycles. The van der Waals surface area contributed by atoms with E-state index in [2.05, 4.69) is 0 Å². The number of rotatable bonds is 9. The summed E-state index contributed by atoms with van der Waals surface area (Å²) in [6.45, 7) is -0.313. The van der Waals surface area contributed by atoms with Crippen molar-refractivity contribution in [3.8, 4) is 11.5 Å². The van der Waals surface area contributed by atoms with Crippen molar-refractivity contribution >= 4 is 16.0 Å². The highest BCUT2D eigenvalue weighted by Gasteiger charge is 2.51. The number of carbonyl (C=O) groups is 1. The summed E-state index contributed by atoms with van der Waals surface area (Å²) in [6.07, 6.45) is -0.211. The van der Waals surface area contributed by atoms with Crippen molar-refractivity contribution in [3.63, 3.8) is 0 Å². The molecule has 2 aromatic carbocycles. The van der Waals surface area contributed by atoms with Crippen LogP contribution in [0.5, 0.6) is 11.5 Å². The molecule has 32 heavy (non-hydrogen) atoms. The van der Waals surface area contributed by atoms with Crippen LogP contribution in [0.1, 0.15) is 23.5 Å². The van der Waals surface area contributed by atoms with E-state index < -0.39 is 28.7 Å². The number of benzene rings is 2. The van der Waals surface area contributed by atoms with Gasteiger partial charge < -0.3 is 19.7 Å². The first-order valence-corrected chi connectivity index (χ1v) is 12.2. The second-order valence-electron chi connectivity index (χ2n) is 8.34. The van der Waals surface area contributed by atoms with E-state index in [-0.39, 0.29) is 30.2 Å². The molecule has 2 aromatic rings. The molecular formula is C23H27NO7S. The number of ether oxygens (including phenoxy) is 2. The monoisotopic (exact) mass is 461 g/mol. The van der Waals surface area contributed by atoms with Crippen molar-refractivity contribution < 1.29 is 32.9 Å². The van der Waals surface area contributed by atoms with E-state index in [0.717, 1.165) is 11.1 Å². The first kappa shape index (κ1) is 22.6. The molecule has 0 saturated heterocycles. The van der Waals surface area contributed by atoms with Crippen LogP contribution in [0.3, 0.4) is 0 Å². The average Bonchev–Trinajstić information content (AvgIpc) is 3.27. The van der Waals surface area contributed by atoms with Gasteiger partial charge in [-0.3, -0.25) is 0 Å². The van der Waals surface area contributed by atoms with Gasteiger partial charge in [0.15, 0.2) is 18.1 Å². The zero-order valence-electron chi connectivity index (χ0n) is 17.8. The molecule has 9 heteroatoms. The van der Waals surface area contributed by atoms with Gasteiger partial charge in [-0.25, -0.2) is 17.5 Å². The molecule has 172 valence electrons. The molecule has 8 nitrogen and oxygen atoms in total. The minimum atomic E-state index is -3.51. The SMILES string of the molecule is CN(CC1C(O)CC2Oc3c(OCC(=O)O)cccc3C21)S(=O)(=O)CCc1ccccc1. The largest absolute Gasteiger partial charge is 0.485 e. The average molecular weight is 462 g/mol. The standard InChI is InChI=1S/C23H27NO7S/c1-24(32(28,29)11-10-15-6-3-2-4-7-15)13-17-18(25)12-20-22(17)16-8-5-9-19(23(16)31-20)30-14-21(26)27/h2-9,17-18,20,22,25H,10-14H2,1H3,(H,26,27). The zero-order chi connectivity index (χ0) is 22.9. The highest BCUT2D eigenvalue weighted by atomic mass is 32.2. The van der Waals surface area contributed by atoms with Crippen LogP contribution in [-0.4, -0.2) is 67.1 Å². The van der Waals surface area contributed by atoms with E-state index in [0.29, 0.717) is 24.3 Å². The molecular weight excluding hydrogens is 434 g/mol. The fourth-order valence-corrected chi connectivity index (χ4v) is 5.85. The molecule has 1 saturated carbocycles. The summed E-state index contributed by atoms with van der Waals surface area (Å²) in [7, 11) is -1.97. The summed E-state index contributed by atoms with van der Waals surface area (Å²) in [4.78, 5) is 10.9. The molecule has 1 aliphatic carbocycles. The number of aliphatic hydroxyl groups is 1. The highest BCUT2D eigenvalue weighted by Crippen LogP contribution is 2.53. The van der Waals surface area contributed by atoms with Gasteiger partial charge in [0, 0.05) is 37.4 Å². The molecule has 0 amide bonds. The molecule has 2 N–H and O–H groups in total. The lowest BCUT2D eigenvalue weighted by atomic mass is 9.88. The molecule has 0 radical (unpaired) electrons. The van der Waals surface area contributed by atoms with E-state index in [9.17, 15) is 18.3 Å². The van der Waals surface area contributed by atoms with Crippen molar-refractivity contribution in [3.05, 3.63) is 59.7 Å². The Kier molecular flexibility index (Phi) is 6.41. The normalized spacial score (nSPS) is 24.1. The summed E-state index contributed by atoms with van der Waals surface area (Å²) in [5, 5.41) is 19.6. The Morgan fingerprint density at radius 2 is 1.94 bits per heavy atom. The first-order chi connectivity index (χ1) is 15.3. The fourth-order valence-electron chi connectivity index (χ4n) is 4.65. The number of aliphatic carboxylic acids is 1. The molecule has 4 rings (SSSR count). The lowest BCUT2D eigenvalue weighted by Gasteiger charge is -2.26. The molecule has 0 bridgehead atoms. The van der Waals surface area contributed by atoms with Gasteiger partial charge in [0.2, 0.25) is 10.0 Å². The van der Waals surface area contributed by atoms with Crippen molar-refractivity contribution in [1.29, 1.82) is 0 Å². The molecule has 0 spiro atoms. The highest BCUT2D eigenvalue weighted by molar-refractivity contribution is 7.89. The second-order valence-corrected chi connectivity index (χ2v) is 10.5. The minimum absolute atomic E-state index is 0.00924. The van der Waals surface area contributed by atoms with Crippen molar-refractivity contribution in [2.24, 2.45) is 5.92 Å². The summed E-state index contributed by atoms with van der Waals surface area (Å²) < 4.78 is 38.5. The van der Waals surface area contributed by atoms with E-state index >= 15 is 0 Å². The third-order valence-corrected chi connectivity index (χ3v) is 8.07. The number of aliphatic hydroxyl groups excluding tert-OH is 1. The first-order valence-electron chi connectivity index (χ1n) is 10.6. The Bertz CT molecular complexity index is 1070. The van der Waals surface area contributed by atoms with Gasteiger partial charge in [0.05, 0.1) is 11.9 Å². The quantitative estimate of drug-likeness (QED) is 0.586. The topological polar surface area (TPSA) is 113 Å². The van der Waals surface area contributed by atoms with E-state index in [1.165, 1.54) is 4.31 Å². The van der Waals surface area contributed by atoms with Crippen LogP contribution in [0.4, 0.5) is 0 Å². The molecule has 4 unspecified atom stereocenters. The van der Waals surface area contributed by atoms with Crippen LogP contribution in [0.2, 0.25) is 0 Å². The van der Waals surface area contributed by atoms with E-state index in [1.807, 2.05) is 36.4 Å². The number of nitrogens with zero attached hydrogens (tertiary/aromatic N) is 1. The van der Waals surface area contributed by atoms with Crippen molar-refractivity contribution in [2.45, 2.75) is 31.0 Å². The van der Waals surface area contributed by atoms with Crippen LogP contribution >= 0.6 is 0 Å². The molecule has 1 heterocycles. The maximum Gasteiger partial charge on any atom is 0.341 e. The number of hydrogen-bond donors (Lipinski definition) is 2. The van der Waals surface area contributed by atoms with Crippen LogP contribution < -0.4 is 9.47 Å². The van der Waals surface area contributed by atoms with E-state index in [1.54, 1.807) is 19.2 Å². The maximum atomic E-state index is 12.9. The lowest BCUT2D eigenvalue weighted by molar-refractivity contribution is -0.139. The van der Waals surface area contributed by atoms with Crippen LogP contribution in [0.15, 0.2) is 48.5 Å². The van der Waals surface area contributed by atoms with Gasteiger partial charge in [-0.2, -0.15) is 0 Å². The molecule has 4 atom stereocenters. The second kappa shape index (κ2) is 9.09. The van der Waals surface area contributed by atoms with Crippen LogP contribution in [0.25, 0.3) is 0 Å². The number of aryl methyl sites for hydroxylation is 1. The van der Waals surface area contributed by atoms with Gasteiger partial charge in [0.25, 0.3) is 0 Å². The smallest absolute Gasteiger partial charge is 0.341 e. The number of carboxylic acid groups (broad SMARTS) is 1. The Balaban J connectivity index is 1.48. The Morgan fingerprint density at radius 1 is 1.19 bits per heavy atom.